The maximum Gasteiger partial charge on any atom is 0.321 e. The zero-order chi connectivity index (χ0) is 11.5. The second-order valence-electron chi connectivity index (χ2n) is 3.73. The molecule has 1 saturated heterocycles. The molecule has 0 aromatic heterocycles. The first-order valence-corrected chi connectivity index (χ1v) is 6.26. The molecule has 0 spiro atoms. The van der Waals surface area contributed by atoms with Crippen molar-refractivity contribution in [3.8, 4) is 0 Å². The number of halogens is 2. The molecular weight excluding hydrogens is 322 g/mol. The Balaban J connectivity index is 2.08. The normalized spacial score (nSPS) is 15.2. The van der Waals surface area contributed by atoms with Gasteiger partial charge in [0, 0.05) is 13.1 Å². The third-order valence-corrected chi connectivity index (χ3v) is 3.68. The molecule has 1 heterocycles. The molecule has 5 heteroatoms. The van der Waals surface area contributed by atoms with E-state index in [0.29, 0.717) is 9.26 Å². The first kappa shape index (κ1) is 11.6. The van der Waals surface area contributed by atoms with E-state index in [9.17, 15) is 9.18 Å². The van der Waals surface area contributed by atoms with Crippen LogP contribution in [0.1, 0.15) is 12.8 Å². The Morgan fingerprint density at radius 3 is 2.75 bits per heavy atom. The van der Waals surface area contributed by atoms with Gasteiger partial charge in [0.15, 0.2) is 0 Å². The maximum atomic E-state index is 13.2. The Labute approximate surface area is 107 Å². The van der Waals surface area contributed by atoms with Crippen molar-refractivity contribution in [3.63, 3.8) is 0 Å². The third kappa shape index (κ3) is 2.45. The molecule has 1 aromatic rings. The van der Waals surface area contributed by atoms with Crippen LogP contribution in [-0.2, 0) is 0 Å². The van der Waals surface area contributed by atoms with Gasteiger partial charge in [-0.15, -0.1) is 0 Å². The van der Waals surface area contributed by atoms with Crippen molar-refractivity contribution < 1.29 is 9.18 Å². The van der Waals surface area contributed by atoms with Crippen LogP contribution in [0.4, 0.5) is 14.9 Å². The zero-order valence-corrected chi connectivity index (χ0v) is 10.8. The van der Waals surface area contributed by atoms with Gasteiger partial charge >= 0.3 is 6.03 Å². The van der Waals surface area contributed by atoms with E-state index in [-0.39, 0.29) is 11.8 Å². The smallest absolute Gasteiger partial charge is 0.321 e. The summed E-state index contributed by atoms with van der Waals surface area (Å²) in [5.74, 6) is -0.306. The summed E-state index contributed by atoms with van der Waals surface area (Å²) in [4.78, 5) is 13.5. The number of carbonyl (C=O) groups excluding carboxylic acids is 1. The monoisotopic (exact) mass is 334 g/mol. The summed E-state index contributed by atoms with van der Waals surface area (Å²) in [6, 6.07) is 4.55. The number of hydrogen-bond donors (Lipinski definition) is 1. The van der Waals surface area contributed by atoms with Crippen LogP contribution in [0, 0.1) is 9.39 Å². The van der Waals surface area contributed by atoms with Gasteiger partial charge in [-0.1, -0.05) is 6.07 Å². The summed E-state index contributed by atoms with van der Waals surface area (Å²) in [7, 11) is 0. The van der Waals surface area contributed by atoms with Crippen LogP contribution in [0.5, 0.6) is 0 Å². The van der Waals surface area contributed by atoms with Crippen LogP contribution in [0.15, 0.2) is 18.2 Å². The second kappa shape index (κ2) is 4.99. The SMILES string of the molecule is O=C(Nc1cccc(F)c1I)N1CCCC1. The highest BCUT2D eigenvalue weighted by atomic mass is 127. The number of urea groups is 1. The van der Waals surface area contributed by atoms with E-state index in [1.165, 1.54) is 6.07 Å². The van der Waals surface area contributed by atoms with Crippen molar-refractivity contribution in [1.82, 2.24) is 4.90 Å². The van der Waals surface area contributed by atoms with E-state index in [1.807, 2.05) is 22.6 Å². The number of rotatable bonds is 1. The number of hydrogen-bond acceptors (Lipinski definition) is 1. The van der Waals surface area contributed by atoms with Gasteiger partial charge in [-0.05, 0) is 47.6 Å². The minimum atomic E-state index is -0.306. The van der Waals surface area contributed by atoms with Crippen LogP contribution < -0.4 is 5.32 Å². The maximum absolute atomic E-state index is 13.2. The Hall–Kier alpha value is -0.850. The fraction of sp³-hybridized carbons (Fsp3) is 0.364. The molecular formula is C11H12FIN2O. The van der Waals surface area contributed by atoms with Gasteiger partial charge in [-0.2, -0.15) is 0 Å². The number of nitrogens with one attached hydrogen (secondary N) is 1. The van der Waals surface area contributed by atoms with Crippen molar-refractivity contribution in [1.29, 1.82) is 0 Å². The molecule has 3 nitrogen and oxygen atoms in total. The second-order valence-corrected chi connectivity index (χ2v) is 4.80. The molecule has 0 bridgehead atoms. The third-order valence-electron chi connectivity index (χ3n) is 2.59. The predicted octanol–water partition coefficient (Wildman–Crippen LogP) is 3.06. The molecule has 1 aromatic carbocycles. The van der Waals surface area contributed by atoms with Gasteiger partial charge in [0.2, 0.25) is 0 Å². The molecule has 0 aliphatic carbocycles. The molecule has 0 saturated carbocycles. The highest BCUT2D eigenvalue weighted by Gasteiger charge is 2.18. The summed E-state index contributed by atoms with van der Waals surface area (Å²) in [5, 5.41) is 2.73. The van der Waals surface area contributed by atoms with Gasteiger partial charge in [0.1, 0.15) is 5.82 Å². The minimum Gasteiger partial charge on any atom is -0.325 e. The van der Waals surface area contributed by atoms with Gasteiger partial charge in [-0.25, -0.2) is 9.18 Å². The summed E-state index contributed by atoms with van der Waals surface area (Å²) in [5.41, 5.74) is 0.539. The summed E-state index contributed by atoms with van der Waals surface area (Å²) < 4.78 is 13.7. The van der Waals surface area contributed by atoms with Crippen LogP contribution in [0.3, 0.4) is 0 Å². The lowest BCUT2D eigenvalue weighted by molar-refractivity contribution is 0.222. The highest BCUT2D eigenvalue weighted by molar-refractivity contribution is 14.1. The van der Waals surface area contributed by atoms with Gasteiger partial charge in [-0.3, -0.25) is 0 Å². The van der Waals surface area contributed by atoms with E-state index < -0.39 is 0 Å². The van der Waals surface area contributed by atoms with Gasteiger partial charge < -0.3 is 10.2 Å². The number of nitrogens with zero attached hydrogens (tertiary/aromatic N) is 1. The molecule has 1 aliphatic heterocycles. The molecule has 16 heavy (non-hydrogen) atoms. The fourth-order valence-electron chi connectivity index (χ4n) is 1.71. The van der Waals surface area contributed by atoms with Crippen LogP contribution in [-0.4, -0.2) is 24.0 Å². The number of benzene rings is 1. The van der Waals surface area contributed by atoms with Crippen LogP contribution in [0.2, 0.25) is 0 Å². The number of likely N-dealkylation sites (tertiary alicyclic amines) is 1. The van der Waals surface area contributed by atoms with Crippen LogP contribution >= 0.6 is 22.6 Å². The Morgan fingerprint density at radius 2 is 2.06 bits per heavy atom. The highest BCUT2D eigenvalue weighted by Crippen LogP contribution is 2.21. The van der Waals surface area contributed by atoms with Crippen molar-refractivity contribution in [2.75, 3.05) is 18.4 Å². The summed E-state index contributed by atoms with van der Waals surface area (Å²) in [6.45, 7) is 1.58. The van der Waals surface area contributed by atoms with E-state index in [0.717, 1.165) is 25.9 Å². The Bertz CT molecular complexity index is 405. The van der Waals surface area contributed by atoms with Gasteiger partial charge in [0.05, 0.1) is 9.26 Å². The van der Waals surface area contributed by atoms with Crippen molar-refractivity contribution >= 4 is 34.3 Å². The quantitative estimate of drug-likeness (QED) is 0.787. The minimum absolute atomic E-state index is 0.138. The first-order chi connectivity index (χ1) is 7.68. The Morgan fingerprint density at radius 1 is 1.38 bits per heavy atom. The molecule has 2 amide bonds. The summed E-state index contributed by atoms with van der Waals surface area (Å²) >= 11 is 1.89. The lowest BCUT2D eigenvalue weighted by Gasteiger charge is -2.16. The molecule has 0 atom stereocenters. The molecule has 1 aliphatic rings. The number of anilines is 1. The average molecular weight is 334 g/mol. The molecule has 1 N–H and O–H groups in total. The fourth-order valence-corrected chi connectivity index (χ4v) is 2.21. The molecule has 86 valence electrons. The average Bonchev–Trinajstić information content (AvgIpc) is 2.78. The molecule has 0 radical (unpaired) electrons. The predicted molar refractivity (Wildman–Crippen MR) is 68.9 cm³/mol. The van der Waals surface area contributed by atoms with Crippen molar-refractivity contribution in [2.24, 2.45) is 0 Å². The van der Waals surface area contributed by atoms with Crippen LogP contribution in [0.25, 0.3) is 0 Å². The van der Waals surface area contributed by atoms with Crippen molar-refractivity contribution in [3.05, 3.63) is 27.6 Å². The Kier molecular flexibility index (Phi) is 3.63. The van der Waals surface area contributed by atoms with E-state index in [2.05, 4.69) is 5.32 Å². The van der Waals surface area contributed by atoms with E-state index >= 15 is 0 Å². The zero-order valence-electron chi connectivity index (χ0n) is 8.67. The van der Waals surface area contributed by atoms with E-state index in [1.54, 1.807) is 17.0 Å². The summed E-state index contributed by atoms with van der Waals surface area (Å²) in [6.07, 6.45) is 2.10. The topological polar surface area (TPSA) is 32.3 Å². The first-order valence-electron chi connectivity index (χ1n) is 5.18. The lowest BCUT2D eigenvalue weighted by Crippen LogP contribution is -2.32. The van der Waals surface area contributed by atoms with Gasteiger partial charge in [0.25, 0.3) is 0 Å². The number of carbonyl (C=O) groups is 1. The van der Waals surface area contributed by atoms with E-state index in [4.69, 9.17) is 0 Å². The number of amides is 2. The lowest BCUT2D eigenvalue weighted by atomic mass is 10.3. The molecule has 1 fully saturated rings. The largest absolute Gasteiger partial charge is 0.325 e. The molecule has 2 rings (SSSR count). The van der Waals surface area contributed by atoms with Crippen molar-refractivity contribution in [2.45, 2.75) is 12.8 Å². The standard InChI is InChI=1S/C11H12FIN2O/c12-8-4-3-5-9(10(8)13)14-11(16)15-6-1-2-7-15/h3-5H,1-2,6-7H2,(H,14,16). The molecule has 0 unspecified atom stereocenters.